The van der Waals surface area contributed by atoms with Crippen LogP contribution in [-0.2, 0) is 11.2 Å². The van der Waals surface area contributed by atoms with Crippen LogP contribution in [0.1, 0.15) is 18.5 Å². The summed E-state index contributed by atoms with van der Waals surface area (Å²) in [5.41, 5.74) is 7.79. The highest BCUT2D eigenvalue weighted by Gasteiger charge is 2.42. The third-order valence-electron chi connectivity index (χ3n) is 5.31. The summed E-state index contributed by atoms with van der Waals surface area (Å²) in [6, 6.07) is 5.61. The van der Waals surface area contributed by atoms with Crippen LogP contribution < -0.4 is 5.73 Å². The number of likely N-dealkylation sites (tertiary alicyclic amines) is 1. The molecule has 1 saturated heterocycles. The maximum absolute atomic E-state index is 12.6. The van der Waals surface area contributed by atoms with E-state index in [1.807, 2.05) is 16.3 Å². The average Bonchev–Trinajstić information content (AvgIpc) is 3.25. The Kier molecular flexibility index (Phi) is 4.75. The molecule has 1 aliphatic heterocycles. The Bertz CT molecular complexity index is 809. The van der Waals surface area contributed by atoms with Crippen LogP contribution in [0.25, 0.3) is 10.6 Å². The molecule has 0 bridgehead atoms. The molecular weight excluding hydrogens is 377 g/mol. The van der Waals surface area contributed by atoms with Gasteiger partial charge in [0.25, 0.3) is 0 Å². The molecule has 0 spiro atoms. The zero-order valence-electron chi connectivity index (χ0n) is 13.6. The number of benzene rings is 1. The molecule has 2 N–H and O–H groups in total. The fourth-order valence-electron chi connectivity index (χ4n) is 3.95. The van der Waals surface area contributed by atoms with E-state index >= 15 is 0 Å². The highest BCUT2D eigenvalue weighted by molar-refractivity contribution is 7.13. The van der Waals surface area contributed by atoms with Gasteiger partial charge in [0.05, 0.1) is 17.1 Å². The lowest BCUT2D eigenvalue weighted by molar-refractivity contribution is -0.129. The van der Waals surface area contributed by atoms with Crippen LogP contribution in [0.2, 0.25) is 10.0 Å². The largest absolute Gasteiger partial charge is 0.342 e. The third-order valence-corrected chi connectivity index (χ3v) is 6.78. The van der Waals surface area contributed by atoms with E-state index in [1.165, 1.54) is 11.3 Å². The molecule has 132 valence electrons. The van der Waals surface area contributed by atoms with Gasteiger partial charge in [-0.25, -0.2) is 4.98 Å². The van der Waals surface area contributed by atoms with Crippen molar-refractivity contribution in [3.05, 3.63) is 39.3 Å². The molecule has 3 unspecified atom stereocenters. The molecule has 3 atom stereocenters. The lowest BCUT2D eigenvalue weighted by Gasteiger charge is -2.18. The third kappa shape index (κ3) is 3.43. The summed E-state index contributed by atoms with van der Waals surface area (Å²) in [5, 5.41) is 3.91. The number of rotatable bonds is 3. The van der Waals surface area contributed by atoms with Crippen LogP contribution in [0.15, 0.2) is 23.6 Å². The number of hydrogen-bond acceptors (Lipinski definition) is 4. The van der Waals surface area contributed by atoms with Gasteiger partial charge >= 0.3 is 0 Å². The summed E-state index contributed by atoms with van der Waals surface area (Å²) in [6.07, 6.45) is 2.57. The van der Waals surface area contributed by atoms with Gasteiger partial charge < -0.3 is 10.6 Å². The Morgan fingerprint density at radius 1 is 1.32 bits per heavy atom. The van der Waals surface area contributed by atoms with Crippen molar-refractivity contribution < 1.29 is 4.79 Å². The van der Waals surface area contributed by atoms with Crippen molar-refractivity contribution in [2.45, 2.75) is 25.3 Å². The number of nitrogens with two attached hydrogens (primary N) is 1. The van der Waals surface area contributed by atoms with Crippen LogP contribution >= 0.6 is 34.5 Å². The molecule has 1 saturated carbocycles. The second-order valence-corrected chi connectivity index (χ2v) is 8.61. The molecule has 0 radical (unpaired) electrons. The maximum atomic E-state index is 12.6. The normalized spacial score (nSPS) is 25.4. The van der Waals surface area contributed by atoms with Crippen LogP contribution in [-0.4, -0.2) is 34.9 Å². The number of amides is 1. The number of fused-ring (bicyclic) bond motifs is 1. The molecule has 4 rings (SSSR count). The van der Waals surface area contributed by atoms with Crippen LogP contribution in [0.4, 0.5) is 0 Å². The molecule has 25 heavy (non-hydrogen) atoms. The number of hydrogen-bond donors (Lipinski definition) is 1. The van der Waals surface area contributed by atoms with E-state index < -0.39 is 0 Å². The second-order valence-electron chi connectivity index (χ2n) is 6.91. The fourth-order valence-corrected chi connectivity index (χ4v) is 5.37. The van der Waals surface area contributed by atoms with E-state index in [0.717, 1.165) is 42.2 Å². The number of thiazole rings is 1. The summed E-state index contributed by atoms with van der Waals surface area (Å²) < 4.78 is 0. The fraction of sp³-hybridized carbons (Fsp3) is 0.444. The smallest absolute Gasteiger partial charge is 0.228 e. The summed E-state index contributed by atoms with van der Waals surface area (Å²) in [6.45, 7) is 1.64. The predicted octanol–water partition coefficient (Wildman–Crippen LogP) is 3.86. The van der Waals surface area contributed by atoms with Crippen molar-refractivity contribution in [3.8, 4) is 10.6 Å². The molecule has 1 aromatic heterocycles. The van der Waals surface area contributed by atoms with Gasteiger partial charge in [0, 0.05) is 35.1 Å². The monoisotopic (exact) mass is 395 g/mol. The van der Waals surface area contributed by atoms with Gasteiger partial charge in [-0.15, -0.1) is 11.3 Å². The lowest BCUT2D eigenvalue weighted by Crippen LogP contribution is -2.34. The summed E-state index contributed by atoms with van der Waals surface area (Å²) in [4.78, 5) is 19.2. The first-order valence-corrected chi connectivity index (χ1v) is 10.1. The van der Waals surface area contributed by atoms with E-state index in [-0.39, 0.29) is 11.9 Å². The minimum Gasteiger partial charge on any atom is -0.342 e. The number of nitrogens with zero attached hydrogens (tertiary/aromatic N) is 2. The first kappa shape index (κ1) is 17.3. The number of carbonyl (C=O) groups is 1. The Morgan fingerprint density at radius 2 is 2.16 bits per heavy atom. The molecule has 1 aliphatic carbocycles. The highest BCUT2D eigenvalue weighted by atomic mass is 35.5. The maximum Gasteiger partial charge on any atom is 0.228 e. The zero-order valence-corrected chi connectivity index (χ0v) is 15.9. The van der Waals surface area contributed by atoms with Crippen LogP contribution in [0.5, 0.6) is 0 Å². The molecule has 7 heteroatoms. The van der Waals surface area contributed by atoms with Gasteiger partial charge in [-0.3, -0.25) is 4.79 Å². The van der Waals surface area contributed by atoms with Crippen molar-refractivity contribution in [1.82, 2.24) is 9.88 Å². The summed E-state index contributed by atoms with van der Waals surface area (Å²) >= 11 is 13.7. The van der Waals surface area contributed by atoms with Crippen molar-refractivity contribution in [2.24, 2.45) is 17.6 Å². The summed E-state index contributed by atoms with van der Waals surface area (Å²) in [7, 11) is 0. The molecule has 1 amide bonds. The van der Waals surface area contributed by atoms with Gasteiger partial charge in [-0.05, 0) is 42.9 Å². The number of carbonyl (C=O) groups excluding carboxylic acids is 1. The predicted molar refractivity (Wildman–Crippen MR) is 102 cm³/mol. The number of aromatic nitrogens is 1. The van der Waals surface area contributed by atoms with Gasteiger partial charge in [0.2, 0.25) is 5.91 Å². The Labute approximate surface area is 160 Å². The molecule has 2 aliphatic rings. The second kappa shape index (κ2) is 6.88. The van der Waals surface area contributed by atoms with Crippen molar-refractivity contribution >= 4 is 40.4 Å². The zero-order chi connectivity index (χ0) is 17.6. The summed E-state index contributed by atoms with van der Waals surface area (Å²) in [5.74, 6) is 1.20. The average molecular weight is 396 g/mol. The standard InChI is InChI=1S/C18H19Cl2N3OS/c19-11-2-3-13(15(20)5-11)18-22-12(9-25-18)6-17(24)23-7-10-1-4-16(21)14(10)8-23/h2-3,5,9-10,14,16H,1,4,6-8,21H2. The Balaban J connectivity index is 1.44. The molecule has 2 fully saturated rings. The van der Waals surface area contributed by atoms with Gasteiger partial charge in [-0.1, -0.05) is 23.2 Å². The van der Waals surface area contributed by atoms with Crippen molar-refractivity contribution in [1.29, 1.82) is 0 Å². The quantitative estimate of drug-likeness (QED) is 0.857. The molecule has 2 aromatic rings. The number of halogens is 2. The molecule has 1 aromatic carbocycles. The van der Waals surface area contributed by atoms with Gasteiger partial charge in [0.1, 0.15) is 5.01 Å². The van der Waals surface area contributed by atoms with E-state index in [4.69, 9.17) is 28.9 Å². The Hall–Kier alpha value is -1.14. The molecule has 4 nitrogen and oxygen atoms in total. The SMILES string of the molecule is NC1CCC2CN(C(=O)Cc3csc(-c4ccc(Cl)cc4Cl)n3)CC12. The van der Waals surface area contributed by atoms with Crippen LogP contribution in [0, 0.1) is 11.8 Å². The molecular formula is C18H19Cl2N3OS. The van der Waals surface area contributed by atoms with E-state index in [2.05, 4.69) is 4.98 Å². The lowest BCUT2D eigenvalue weighted by atomic mass is 9.98. The van der Waals surface area contributed by atoms with E-state index in [1.54, 1.807) is 12.1 Å². The van der Waals surface area contributed by atoms with E-state index in [9.17, 15) is 4.79 Å². The molecule has 2 heterocycles. The first-order chi connectivity index (χ1) is 12.0. The first-order valence-electron chi connectivity index (χ1n) is 8.44. The van der Waals surface area contributed by atoms with Crippen molar-refractivity contribution in [2.75, 3.05) is 13.1 Å². The highest BCUT2D eigenvalue weighted by Crippen LogP contribution is 2.37. The Morgan fingerprint density at radius 3 is 2.92 bits per heavy atom. The minimum absolute atomic E-state index is 0.139. The van der Waals surface area contributed by atoms with Crippen molar-refractivity contribution in [3.63, 3.8) is 0 Å². The van der Waals surface area contributed by atoms with Gasteiger partial charge in [-0.2, -0.15) is 0 Å². The minimum atomic E-state index is 0.139. The van der Waals surface area contributed by atoms with Gasteiger partial charge in [0.15, 0.2) is 0 Å². The topological polar surface area (TPSA) is 59.2 Å². The van der Waals surface area contributed by atoms with Crippen LogP contribution in [0.3, 0.4) is 0 Å². The van der Waals surface area contributed by atoms with E-state index in [0.29, 0.717) is 28.3 Å².